The molecule has 1 heterocycles. The smallest absolute Gasteiger partial charge is 0.0910 e. The second-order valence-electron chi connectivity index (χ2n) is 4.08. The zero-order chi connectivity index (χ0) is 10.4. The number of rotatable bonds is 2. The van der Waals surface area contributed by atoms with Crippen LogP contribution in [-0.2, 0) is 0 Å². The first-order valence-electron chi connectivity index (χ1n) is 5.12. The fraction of sp³-hybridized carbons (Fsp3) is 0.333. The van der Waals surface area contributed by atoms with Gasteiger partial charge in [0.1, 0.15) is 0 Å². The fourth-order valence-corrected chi connectivity index (χ4v) is 3.62. The molecule has 1 atom stereocenters. The Balaban J connectivity index is 2.09. The molecule has 1 nitrogen and oxygen atoms in total. The molecule has 0 aliphatic heterocycles. The number of thiophene rings is 1. The lowest BCUT2D eigenvalue weighted by Crippen LogP contribution is -1.95. The highest BCUT2D eigenvalue weighted by Crippen LogP contribution is 2.44. The lowest BCUT2D eigenvalue weighted by molar-refractivity contribution is 0.157. The van der Waals surface area contributed by atoms with E-state index in [1.165, 1.54) is 22.9 Å². The van der Waals surface area contributed by atoms with E-state index < -0.39 is 0 Å². The molecule has 1 saturated carbocycles. The van der Waals surface area contributed by atoms with Gasteiger partial charge in [-0.05, 0) is 37.0 Å². The third-order valence-electron chi connectivity index (χ3n) is 2.89. The molecule has 1 aromatic heterocycles. The van der Waals surface area contributed by atoms with Crippen molar-refractivity contribution in [2.24, 2.45) is 5.92 Å². The Labute approximate surface area is 101 Å². The number of benzene rings is 1. The first kappa shape index (κ1) is 9.82. The van der Waals surface area contributed by atoms with Gasteiger partial charge >= 0.3 is 0 Å². The minimum atomic E-state index is -0.241. The molecule has 1 aliphatic rings. The molecule has 78 valence electrons. The van der Waals surface area contributed by atoms with Gasteiger partial charge in [-0.25, -0.2) is 0 Å². The predicted octanol–water partition coefficient (Wildman–Crippen LogP) is 4.11. The largest absolute Gasteiger partial charge is 0.387 e. The molecule has 0 saturated heterocycles. The van der Waals surface area contributed by atoms with Crippen molar-refractivity contribution < 1.29 is 5.11 Å². The highest BCUT2D eigenvalue weighted by Gasteiger charge is 2.31. The van der Waals surface area contributed by atoms with Crippen LogP contribution < -0.4 is 0 Å². The molecule has 3 heteroatoms. The molecular weight excluding hydrogens is 272 g/mol. The van der Waals surface area contributed by atoms with Gasteiger partial charge in [-0.3, -0.25) is 0 Å². The minimum absolute atomic E-state index is 0.241. The number of aliphatic hydroxyl groups excluding tert-OH is 1. The lowest BCUT2D eigenvalue weighted by atomic mass is 10.2. The maximum absolute atomic E-state index is 10.0. The van der Waals surface area contributed by atoms with Crippen LogP contribution in [0.1, 0.15) is 23.8 Å². The van der Waals surface area contributed by atoms with E-state index in [2.05, 4.69) is 28.1 Å². The van der Waals surface area contributed by atoms with Gasteiger partial charge in [0.2, 0.25) is 0 Å². The molecule has 1 aromatic carbocycles. The maximum atomic E-state index is 10.0. The monoisotopic (exact) mass is 282 g/mol. The van der Waals surface area contributed by atoms with Crippen LogP contribution >= 0.6 is 27.3 Å². The van der Waals surface area contributed by atoms with Crippen LogP contribution in [0.5, 0.6) is 0 Å². The molecule has 0 spiro atoms. The minimum Gasteiger partial charge on any atom is -0.387 e. The van der Waals surface area contributed by atoms with Gasteiger partial charge in [0, 0.05) is 19.4 Å². The van der Waals surface area contributed by atoms with E-state index in [9.17, 15) is 5.11 Å². The first-order chi connectivity index (χ1) is 7.25. The topological polar surface area (TPSA) is 20.2 Å². The first-order valence-corrected chi connectivity index (χ1v) is 6.72. The standard InChI is InChI=1S/C12H11BrOS/c13-9-2-1-3-10-8(9)6-11(15-10)12(14)7-4-5-7/h1-3,6-7,12,14H,4-5H2. The fourth-order valence-electron chi connectivity index (χ4n) is 1.84. The Bertz CT molecular complexity index is 501. The number of aliphatic hydroxyl groups is 1. The summed E-state index contributed by atoms with van der Waals surface area (Å²) in [5.74, 6) is 0.511. The van der Waals surface area contributed by atoms with Crippen molar-refractivity contribution in [3.8, 4) is 0 Å². The van der Waals surface area contributed by atoms with Gasteiger partial charge in [-0.2, -0.15) is 0 Å². The van der Waals surface area contributed by atoms with E-state index in [0.29, 0.717) is 5.92 Å². The van der Waals surface area contributed by atoms with Crippen LogP contribution in [0.25, 0.3) is 10.1 Å². The van der Waals surface area contributed by atoms with Crippen molar-refractivity contribution in [3.63, 3.8) is 0 Å². The van der Waals surface area contributed by atoms with Crippen molar-refractivity contribution in [1.82, 2.24) is 0 Å². The number of hydrogen-bond donors (Lipinski definition) is 1. The molecule has 0 amide bonds. The quantitative estimate of drug-likeness (QED) is 0.879. The summed E-state index contributed by atoms with van der Waals surface area (Å²) in [5.41, 5.74) is 0. The molecule has 1 unspecified atom stereocenters. The number of halogens is 1. The van der Waals surface area contributed by atoms with Gasteiger partial charge in [0.15, 0.2) is 0 Å². The Hall–Kier alpha value is -0.380. The molecule has 1 fully saturated rings. The molecule has 1 N–H and O–H groups in total. The van der Waals surface area contributed by atoms with E-state index in [-0.39, 0.29) is 6.10 Å². The number of fused-ring (bicyclic) bond motifs is 1. The predicted molar refractivity (Wildman–Crippen MR) is 67.2 cm³/mol. The Morgan fingerprint density at radius 3 is 2.87 bits per heavy atom. The second kappa shape index (κ2) is 3.58. The van der Waals surface area contributed by atoms with Gasteiger partial charge in [-0.15, -0.1) is 11.3 Å². The second-order valence-corrected chi connectivity index (χ2v) is 6.05. The van der Waals surface area contributed by atoms with Crippen LogP contribution in [0.4, 0.5) is 0 Å². The summed E-state index contributed by atoms with van der Waals surface area (Å²) in [6, 6.07) is 8.31. The third-order valence-corrected chi connectivity index (χ3v) is 4.75. The molecule has 15 heavy (non-hydrogen) atoms. The van der Waals surface area contributed by atoms with Gasteiger partial charge in [0.05, 0.1) is 6.10 Å². The Morgan fingerprint density at radius 1 is 1.40 bits per heavy atom. The Kier molecular flexibility index (Phi) is 2.34. The van der Waals surface area contributed by atoms with Gasteiger partial charge in [0.25, 0.3) is 0 Å². The van der Waals surface area contributed by atoms with Crippen molar-refractivity contribution in [3.05, 3.63) is 33.6 Å². The number of hydrogen-bond acceptors (Lipinski definition) is 2. The molecular formula is C12H11BrOS. The zero-order valence-electron chi connectivity index (χ0n) is 8.11. The van der Waals surface area contributed by atoms with E-state index in [1.54, 1.807) is 11.3 Å². The third kappa shape index (κ3) is 1.73. The van der Waals surface area contributed by atoms with Crippen molar-refractivity contribution in [2.75, 3.05) is 0 Å². The molecule has 0 bridgehead atoms. The normalized spacial score (nSPS) is 18.3. The van der Waals surface area contributed by atoms with Crippen molar-refractivity contribution in [2.45, 2.75) is 18.9 Å². The van der Waals surface area contributed by atoms with Gasteiger partial charge < -0.3 is 5.11 Å². The molecule has 2 aromatic rings. The summed E-state index contributed by atoms with van der Waals surface area (Å²) < 4.78 is 2.37. The van der Waals surface area contributed by atoms with Crippen LogP contribution in [0.15, 0.2) is 28.7 Å². The highest BCUT2D eigenvalue weighted by molar-refractivity contribution is 9.10. The average Bonchev–Trinajstić information content (AvgIpc) is 2.97. The molecule has 3 rings (SSSR count). The van der Waals surface area contributed by atoms with Crippen LogP contribution in [0, 0.1) is 5.92 Å². The van der Waals surface area contributed by atoms with Crippen LogP contribution in [-0.4, -0.2) is 5.11 Å². The van der Waals surface area contributed by atoms with E-state index in [0.717, 1.165) is 9.35 Å². The Morgan fingerprint density at radius 2 is 2.20 bits per heavy atom. The summed E-state index contributed by atoms with van der Waals surface area (Å²) >= 11 is 5.24. The summed E-state index contributed by atoms with van der Waals surface area (Å²) in [4.78, 5) is 1.11. The van der Waals surface area contributed by atoms with Crippen LogP contribution in [0.2, 0.25) is 0 Å². The summed E-state index contributed by atoms with van der Waals surface area (Å²) in [6.45, 7) is 0. The van der Waals surface area contributed by atoms with E-state index in [1.807, 2.05) is 12.1 Å². The van der Waals surface area contributed by atoms with E-state index in [4.69, 9.17) is 0 Å². The molecule has 0 radical (unpaired) electrons. The van der Waals surface area contributed by atoms with Gasteiger partial charge in [-0.1, -0.05) is 22.0 Å². The van der Waals surface area contributed by atoms with E-state index >= 15 is 0 Å². The SMILES string of the molecule is OC(c1cc2c(Br)cccc2s1)C1CC1. The summed E-state index contributed by atoms with van der Waals surface area (Å²) in [7, 11) is 0. The summed E-state index contributed by atoms with van der Waals surface area (Å²) in [6.07, 6.45) is 2.11. The lowest BCUT2D eigenvalue weighted by Gasteiger charge is -2.04. The summed E-state index contributed by atoms with van der Waals surface area (Å²) in [5, 5.41) is 11.3. The highest BCUT2D eigenvalue weighted by atomic mass is 79.9. The van der Waals surface area contributed by atoms with Crippen molar-refractivity contribution in [1.29, 1.82) is 0 Å². The average molecular weight is 283 g/mol. The van der Waals surface area contributed by atoms with Crippen LogP contribution in [0.3, 0.4) is 0 Å². The molecule has 1 aliphatic carbocycles. The maximum Gasteiger partial charge on any atom is 0.0910 e. The zero-order valence-corrected chi connectivity index (χ0v) is 10.5. The van der Waals surface area contributed by atoms with Crippen molar-refractivity contribution >= 4 is 37.4 Å².